The van der Waals surface area contributed by atoms with Crippen LogP contribution >= 0.6 is 11.3 Å². The minimum Gasteiger partial charge on any atom is -0.494 e. The van der Waals surface area contributed by atoms with Gasteiger partial charge in [-0.1, -0.05) is 43.2 Å². The Morgan fingerprint density at radius 1 is 1.06 bits per heavy atom. The van der Waals surface area contributed by atoms with Gasteiger partial charge in [-0.25, -0.2) is 0 Å². The third-order valence-corrected chi connectivity index (χ3v) is 5.71. The van der Waals surface area contributed by atoms with Crippen molar-refractivity contribution >= 4 is 28.3 Å². The minimum absolute atomic E-state index is 0.219. The van der Waals surface area contributed by atoms with E-state index in [2.05, 4.69) is 17.0 Å². The zero-order valence-electron chi connectivity index (χ0n) is 17.9. The Hall–Kier alpha value is -3.52. The molecule has 0 aliphatic rings. The topological polar surface area (TPSA) is 82.8 Å². The number of fused-ring (bicyclic) bond motifs is 1. The average molecular weight is 450 g/mol. The van der Waals surface area contributed by atoms with Crippen molar-refractivity contribution in [1.29, 1.82) is 0 Å². The maximum atomic E-state index is 12.8. The average Bonchev–Trinajstić information content (AvgIpc) is 3.32. The van der Waals surface area contributed by atoms with Crippen LogP contribution in [0.2, 0.25) is 0 Å². The number of carbonyl (C=O) groups is 1. The highest BCUT2D eigenvalue weighted by atomic mass is 32.1. The second-order valence-corrected chi connectivity index (χ2v) is 8.30. The summed E-state index contributed by atoms with van der Waals surface area (Å²) < 4.78 is 12.6. The minimum atomic E-state index is -0.376. The number of carbonyl (C=O) groups excluding carboxylic acids is 1. The van der Waals surface area contributed by atoms with Gasteiger partial charge in [0.25, 0.3) is 5.56 Å². The molecule has 0 unspecified atom stereocenters. The van der Waals surface area contributed by atoms with Crippen LogP contribution in [0.5, 0.6) is 11.5 Å². The molecule has 0 aliphatic heterocycles. The van der Waals surface area contributed by atoms with E-state index in [0.29, 0.717) is 27.7 Å². The number of nitrogens with zero attached hydrogens (tertiary/aromatic N) is 3. The molecule has 7 nitrogen and oxygen atoms in total. The van der Waals surface area contributed by atoms with Crippen molar-refractivity contribution < 1.29 is 14.3 Å². The van der Waals surface area contributed by atoms with Crippen LogP contribution in [0.15, 0.2) is 53.3 Å². The van der Waals surface area contributed by atoms with Crippen LogP contribution in [-0.4, -0.2) is 27.2 Å². The van der Waals surface area contributed by atoms with Crippen molar-refractivity contribution in [3.8, 4) is 22.9 Å². The number of hydrogen-bond acceptors (Lipinski definition) is 7. The second-order valence-electron chi connectivity index (χ2n) is 7.29. The molecule has 0 saturated carbocycles. The lowest BCUT2D eigenvalue weighted by Gasteiger charge is -2.05. The van der Waals surface area contributed by atoms with Crippen LogP contribution < -0.4 is 19.6 Å². The van der Waals surface area contributed by atoms with Crippen molar-refractivity contribution in [3.63, 3.8) is 0 Å². The number of rotatable bonds is 8. The Kier molecular flexibility index (Phi) is 6.61. The van der Waals surface area contributed by atoms with Crippen molar-refractivity contribution in [2.75, 3.05) is 6.61 Å². The number of aromatic nitrogens is 3. The molecule has 0 amide bonds. The number of esters is 1. The lowest BCUT2D eigenvalue weighted by Crippen LogP contribution is -2.23. The molecule has 2 heterocycles. The van der Waals surface area contributed by atoms with E-state index in [1.54, 1.807) is 30.3 Å². The first kappa shape index (κ1) is 21.7. The molecular weight excluding hydrogens is 426 g/mol. The fraction of sp³-hybridized carbons (Fsp3) is 0.250. The summed E-state index contributed by atoms with van der Waals surface area (Å²) in [6.45, 7) is 4.22. The van der Waals surface area contributed by atoms with Gasteiger partial charge in [-0.15, -0.1) is 5.10 Å². The molecule has 0 bridgehead atoms. The highest BCUT2D eigenvalue weighted by molar-refractivity contribution is 7.15. The summed E-state index contributed by atoms with van der Waals surface area (Å²) in [5.41, 5.74) is 1.42. The van der Waals surface area contributed by atoms with Crippen LogP contribution in [0.25, 0.3) is 22.4 Å². The quantitative estimate of drug-likeness (QED) is 0.231. The van der Waals surface area contributed by atoms with Gasteiger partial charge in [0.1, 0.15) is 11.5 Å². The summed E-state index contributed by atoms with van der Waals surface area (Å²) in [5, 5.41) is 4.39. The molecule has 0 fully saturated rings. The zero-order valence-corrected chi connectivity index (χ0v) is 18.7. The van der Waals surface area contributed by atoms with E-state index in [4.69, 9.17) is 9.47 Å². The summed E-state index contributed by atoms with van der Waals surface area (Å²) in [6.07, 6.45) is 5.13. The van der Waals surface area contributed by atoms with E-state index in [9.17, 15) is 9.59 Å². The third kappa shape index (κ3) is 5.03. The number of unbranched alkanes of at least 4 members (excludes halogenated alkanes) is 2. The lowest BCUT2D eigenvalue weighted by atomic mass is 10.2. The Labute approximate surface area is 188 Å². The van der Waals surface area contributed by atoms with E-state index >= 15 is 0 Å². The molecule has 0 radical (unpaired) electrons. The Bertz CT molecular complexity index is 1320. The van der Waals surface area contributed by atoms with E-state index in [0.717, 1.165) is 36.1 Å². The van der Waals surface area contributed by atoms with Gasteiger partial charge in [-0.2, -0.15) is 9.50 Å². The molecule has 0 atom stereocenters. The van der Waals surface area contributed by atoms with Crippen LogP contribution in [0, 0.1) is 0 Å². The van der Waals surface area contributed by atoms with Gasteiger partial charge in [-0.3, -0.25) is 9.59 Å². The van der Waals surface area contributed by atoms with Crippen molar-refractivity contribution in [3.05, 3.63) is 69.0 Å². The number of benzene rings is 2. The third-order valence-electron chi connectivity index (χ3n) is 4.75. The molecule has 0 saturated heterocycles. The largest absolute Gasteiger partial charge is 0.494 e. The van der Waals surface area contributed by atoms with Gasteiger partial charge in [0.05, 0.1) is 11.1 Å². The van der Waals surface area contributed by atoms with Gasteiger partial charge < -0.3 is 9.47 Å². The molecule has 32 heavy (non-hydrogen) atoms. The summed E-state index contributed by atoms with van der Waals surface area (Å²) in [7, 11) is 0. The molecule has 0 aliphatic carbocycles. The maximum Gasteiger partial charge on any atom is 0.308 e. The molecule has 0 N–H and O–H groups in total. The van der Waals surface area contributed by atoms with Crippen molar-refractivity contribution in [2.45, 2.75) is 33.1 Å². The Morgan fingerprint density at radius 2 is 1.78 bits per heavy atom. The van der Waals surface area contributed by atoms with Crippen molar-refractivity contribution in [2.24, 2.45) is 0 Å². The summed E-state index contributed by atoms with van der Waals surface area (Å²) in [6, 6.07) is 14.5. The van der Waals surface area contributed by atoms with E-state index in [1.165, 1.54) is 22.8 Å². The first-order valence-corrected chi connectivity index (χ1v) is 11.3. The van der Waals surface area contributed by atoms with Gasteiger partial charge in [0.15, 0.2) is 5.82 Å². The lowest BCUT2D eigenvalue weighted by molar-refractivity contribution is -0.131. The molecule has 4 aromatic rings. The predicted octanol–water partition coefficient (Wildman–Crippen LogP) is 3.86. The second kappa shape index (κ2) is 9.74. The monoisotopic (exact) mass is 449 g/mol. The van der Waals surface area contributed by atoms with Gasteiger partial charge in [0.2, 0.25) is 4.96 Å². The summed E-state index contributed by atoms with van der Waals surface area (Å²) in [5.74, 6) is 1.40. The molecular formula is C24H23N3O4S. The van der Waals surface area contributed by atoms with Crippen LogP contribution in [0.1, 0.15) is 38.7 Å². The molecule has 4 rings (SSSR count). The zero-order chi connectivity index (χ0) is 22.5. The predicted molar refractivity (Wildman–Crippen MR) is 124 cm³/mol. The van der Waals surface area contributed by atoms with Crippen LogP contribution in [0.3, 0.4) is 0 Å². The van der Waals surface area contributed by atoms with Gasteiger partial charge in [0, 0.05) is 12.5 Å². The molecule has 8 heteroatoms. The molecule has 2 aromatic heterocycles. The van der Waals surface area contributed by atoms with Crippen molar-refractivity contribution in [1.82, 2.24) is 14.6 Å². The Balaban J connectivity index is 1.52. The normalized spacial score (nSPS) is 11.8. The van der Waals surface area contributed by atoms with Gasteiger partial charge in [-0.05, 0) is 54.5 Å². The number of ether oxygens (including phenoxy) is 2. The number of thiazole rings is 1. The number of hydrogen-bond donors (Lipinski definition) is 0. The van der Waals surface area contributed by atoms with Crippen LogP contribution in [-0.2, 0) is 4.79 Å². The van der Waals surface area contributed by atoms with E-state index in [-0.39, 0.29) is 11.5 Å². The Morgan fingerprint density at radius 3 is 2.44 bits per heavy atom. The maximum absolute atomic E-state index is 12.8. The molecule has 2 aromatic carbocycles. The summed E-state index contributed by atoms with van der Waals surface area (Å²) in [4.78, 5) is 28.8. The first-order valence-electron chi connectivity index (χ1n) is 10.5. The van der Waals surface area contributed by atoms with E-state index < -0.39 is 0 Å². The fourth-order valence-corrected chi connectivity index (χ4v) is 4.06. The van der Waals surface area contributed by atoms with Crippen LogP contribution in [0.4, 0.5) is 0 Å². The SMILES string of the molecule is CCCCCOc1ccc(-c2nc3s/c(=C/c4ccc(OC(C)=O)cc4)c(=O)n3n2)cc1. The molecule has 0 spiro atoms. The highest BCUT2D eigenvalue weighted by Gasteiger charge is 2.12. The smallest absolute Gasteiger partial charge is 0.308 e. The highest BCUT2D eigenvalue weighted by Crippen LogP contribution is 2.21. The summed E-state index contributed by atoms with van der Waals surface area (Å²) >= 11 is 1.28. The molecule has 164 valence electrons. The van der Waals surface area contributed by atoms with E-state index in [1.807, 2.05) is 24.3 Å². The first-order chi connectivity index (χ1) is 15.5. The van der Waals surface area contributed by atoms with Gasteiger partial charge >= 0.3 is 5.97 Å². The fourth-order valence-electron chi connectivity index (χ4n) is 3.15. The standard InChI is InChI=1S/C24H23N3O4S/c1-3-4-5-14-30-19-12-8-18(9-13-19)22-25-24-27(26-22)23(29)21(32-24)15-17-6-10-20(11-7-17)31-16(2)28/h6-13,15H,3-5,14H2,1-2H3/b21-15+.